The topological polar surface area (TPSA) is 44.4 Å². The Labute approximate surface area is 97.8 Å². The number of nitrogens with one attached hydrogen (secondary N) is 2. The minimum atomic E-state index is -0.0723. The third-order valence-corrected chi connectivity index (χ3v) is 3.96. The van der Waals surface area contributed by atoms with Gasteiger partial charge in [0.25, 0.3) is 0 Å². The number of amides is 1. The predicted molar refractivity (Wildman–Crippen MR) is 64.3 cm³/mol. The van der Waals surface area contributed by atoms with E-state index < -0.39 is 0 Å². The summed E-state index contributed by atoms with van der Waals surface area (Å²) in [5.41, 5.74) is 0. The third-order valence-electron chi connectivity index (χ3n) is 3.96. The van der Waals surface area contributed by atoms with Crippen LogP contribution in [-0.2, 0) is 4.79 Å². The number of carbonyl (C=O) groups excluding carboxylic acids is 1. The first kappa shape index (κ1) is 11.9. The largest absolute Gasteiger partial charge is 0.358 e. The molecule has 2 rings (SSSR count). The molecule has 0 spiro atoms. The summed E-state index contributed by atoms with van der Waals surface area (Å²) in [6.07, 6.45) is 5.16. The molecule has 2 saturated heterocycles. The average Bonchev–Trinajstić information content (AvgIpc) is 2.72. The maximum absolute atomic E-state index is 11.5. The van der Waals surface area contributed by atoms with Gasteiger partial charge in [-0.15, -0.1) is 0 Å². The van der Waals surface area contributed by atoms with Crippen LogP contribution in [0.15, 0.2) is 0 Å². The van der Waals surface area contributed by atoms with E-state index in [1.54, 1.807) is 7.05 Å². The van der Waals surface area contributed by atoms with E-state index in [9.17, 15) is 4.79 Å². The molecule has 2 aliphatic heterocycles. The van der Waals surface area contributed by atoms with Crippen LogP contribution < -0.4 is 10.6 Å². The maximum atomic E-state index is 11.5. The van der Waals surface area contributed by atoms with Crippen molar-refractivity contribution in [3.05, 3.63) is 0 Å². The van der Waals surface area contributed by atoms with Gasteiger partial charge in [-0.2, -0.15) is 0 Å². The van der Waals surface area contributed by atoms with Gasteiger partial charge in [-0.25, -0.2) is 0 Å². The van der Waals surface area contributed by atoms with Gasteiger partial charge in [0.05, 0.1) is 6.04 Å². The zero-order valence-electron chi connectivity index (χ0n) is 10.3. The van der Waals surface area contributed by atoms with Gasteiger partial charge >= 0.3 is 0 Å². The molecule has 2 fully saturated rings. The number of hydrogen-bond donors (Lipinski definition) is 2. The zero-order chi connectivity index (χ0) is 11.5. The molecular weight excluding hydrogens is 202 g/mol. The molecule has 1 amide bonds. The number of rotatable bonds is 3. The molecule has 0 aromatic heterocycles. The number of hydrogen-bond acceptors (Lipinski definition) is 3. The molecule has 3 unspecified atom stereocenters. The van der Waals surface area contributed by atoms with Crippen LogP contribution in [0.5, 0.6) is 0 Å². The Bertz CT molecular complexity index is 257. The van der Waals surface area contributed by atoms with Crippen molar-refractivity contribution in [1.82, 2.24) is 15.5 Å². The first-order chi connectivity index (χ1) is 7.72. The molecular formula is C12H23N3O. The molecule has 3 atom stereocenters. The Morgan fingerprint density at radius 1 is 1.31 bits per heavy atom. The van der Waals surface area contributed by atoms with Crippen molar-refractivity contribution in [2.75, 3.05) is 20.1 Å². The van der Waals surface area contributed by atoms with Gasteiger partial charge in [-0.3, -0.25) is 9.69 Å². The second-order valence-electron chi connectivity index (χ2n) is 5.00. The summed E-state index contributed by atoms with van der Waals surface area (Å²) in [5.74, 6) is 0.0919. The summed E-state index contributed by atoms with van der Waals surface area (Å²) < 4.78 is 0. The van der Waals surface area contributed by atoms with Crippen molar-refractivity contribution in [3.8, 4) is 0 Å². The molecule has 2 N–H and O–H groups in total. The van der Waals surface area contributed by atoms with Crippen molar-refractivity contribution in [3.63, 3.8) is 0 Å². The van der Waals surface area contributed by atoms with Gasteiger partial charge in [0.15, 0.2) is 0 Å². The Hall–Kier alpha value is -0.610. The van der Waals surface area contributed by atoms with E-state index in [4.69, 9.17) is 0 Å². The van der Waals surface area contributed by atoms with E-state index in [1.807, 2.05) is 6.92 Å². The van der Waals surface area contributed by atoms with Crippen molar-refractivity contribution in [1.29, 1.82) is 0 Å². The number of piperidine rings is 1. The molecule has 0 aliphatic carbocycles. The number of carbonyl (C=O) groups is 1. The monoisotopic (exact) mass is 225 g/mol. The maximum Gasteiger partial charge on any atom is 0.236 e. The lowest BCUT2D eigenvalue weighted by Crippen LogP contribution is -2.51. The second kappa shape index (κ2) is 5.15. The summed E-state index contributed by atoms with van der Waals surface area (Å²) in [4.78, 5) is 14.1. The minimum Gasteiger partial charge on any atom is -0.358 e. The highest BCUT2D eigenvalue weighted by Gasteiger charge is 2.36. The predicted octanol–water partition coefficient (Wildman–Crippen LogP) is 0.337. The van der Waals surface area contributed by atoms with Crippen LogP contribution in [0.4, 0.5) is 0 Å². The lowest BCUT2D eigenvalue weighted by Gasteiger charge is -2.33. The van der Waals surface area contributed by atoms with E-state index in [0.717, 1.165) is 0 Å². The number of fused-ring (bicyclic) bond motifs is 1. The standard InChI is InChI=1S/C12H23N3O/c1-9(12(16)13-2)14-10-6-8-15-7-4-3-5-11(10)15/h9-11,14H,3-8H2,1-2H3,(H,13,16). The molecule has 2 heterocycles. The lowest BCUT2D eigenvalue weighted by molar-refractivity contribution is -0.122. The molecule has 16 heavy (non-hydrogen) atoms. The highest BCUT2D eigenvalue weighted by Crippen LogP contribution is 2.27. The van der Waals surface area contributed by atoms with Crippen LogP contribution in [0, 0.1) is 0 Å². The summed E-state index contributed by atoms with van der Waals surface area (Å²) in [6, 6.07) is 1.10. The lowest BCUT2D eigenvalue weighted by atomic mass is 9.98. The van der Waals surface area contributed by atoms with E-state index >= 15 is 0 Å². The Morgan fingerprint density at radius 3 is 2.88 bits per heavy atom. The smallest absolute Gasteiger partial charge is 0.236 e. The molecule has 4 nitrogen and oxygen atoms in total. The number of likely N-dealkylation sites (N-methyl/N-ethyl adjacent to an activating group) is 1. The third kappa shape index (κ3) is 2.38. The highest BCUT2D eigenvalue weighted by molar-refractivity contribution is 5.80. The highest BCUT2D eigenvalue weighted by atomic mass is 16.2. The summed E-state index contributed by atoms with van der Waals surface area (Å²) in [7, 11) is 1.70. The van der Waals surface area contributed by atoms with Crippen molar-refractivity contribution >= 4 is 5.91 Å². The second-order valence-corrected chi connectivity index (χ2v) is 5.00. The molecule has 4 heteroatoms. The van der Waals surface area contributed by atoms with E-state index in [0.29, 0.717) is 12.1 Å². The van der Waals surface area contributed by atoms with Gasteiger partial charge < -0.3 is 10.6 Å². The first-order valence-corrected chi connectivity index (χ1v) is 6.44. The van der Waals surface area contributed by atoms with Crippen LogP contribution in [0.1, 0.15) is 32.6 Å². The molecule has 0 aromatic carbocycles. The average molecular weight is 225 g/mol. The van der Waals surface area contributed by atoms with Gasteiger partial charge in [0.1, 0.15) is 0 Å². The molecule has 0 radical (unpaired) electrons. The fourth-order valence-electron chi connectivity index (χ4n) is 3.06. The fourth-order valence-corrected chi connectivity index (χ4v) is 3.06. The summed E-state index contributed by atoms with van der Waals surface area (Å²) >= 11 is 0. The van der Waals surface area contributed by atoms with E-state index in [1.165, 1.54) is 38.8 Å². The summed E-state index contributed by atoms with van der Waals surface area (Å²) in [6.45, 7) is 4.39. The molecule has 2 aliphatic rings. The van der Waals surface area contributed by atoms with Crippen molar-refractivity contribution < 1.29 is 4.79 Å². The Balaban J connectivity index is 1.88. The van der Waals surface area contributed by atoms with Crippen molar-refractivity contribution in [2.45, 2.75) is 50.7 Å². The minimum absolute atomic E-state index is 0.0723. The van der Waals surface area contributed by atoms with Gasteiger partial charge in [-0.05, 0) is 32.7 Å². The number of nitrogens with zero attached hydrogens (tertiary/aromatic N) is 1. The normalized spacial score (nSPS) is 32.1. The Kier molecular flexibility index (Phi) is 3.82. The van der Waals surface area contributed by atoms with Crippen LogP contribution in [0.25, 0.3) is 0 Å². The fraction of sp³-hybridized carbons (Fsp3) is 0.917. The van der Waals surface area contributed by atoms with E-state index in [2.05, 4.69) is 15.5 Å². The quantitative estimate of drug-likeness (QED) is 0.728. The first-order valence-electron chi connectivity index (χ1n) is 6.44. The van der Waals surface area contributed by atoms with Gasteiger partial charge in [0.2, 0.25) is 5.91 Å². The van der Waals surface area contributed by atoms with Crippen LogP contribution in [0.3, 0.4) is 0 Å². The SMILES string of the molecule is CNC(=O)C(C)NC1CCN2CCCCC12. The van der Waals surface area contributed by atoms with Crippen molar-refractivity contribution in [2.24, 2.45) is 0 Å². The van der Waals surface area contributed by atoms with Gasteiger partial charge in [0, 0.05) is 25.7 Å². The zero-order valence-corrected chi connectivity index (χ0v) is 10.3. The van der Waals surface area contributed by atoms with Crippen LogP contribution in [0.2, 0.25) is 0 Å². The van der Waals surface area contributed by atoms with E-state index in [-0.39, 0.29) is 11.9 Å². The van der Waals surface area contributed by atoms with Crippen LogP contribution >= 0.6 is 0 Å². The van der Waals surface area contributed by atoms with Crippen LogP contribution in [-0.4, -0.2) is 49.1 Å². The van der Waals surface area contributed by atoms with Gasteiger partial charge in [-0.1, -0.05) is 6.42 Å². The molecule has 0 bridgehead atoms. The molecule has 0 aromatic rings. The molecule has 92 valence electrons. The molecule has 0 saturated carbocycles. The Morgan fingerprint density at radius 2 is 2.12 bits per heavy atom. The summed E-state index contributed by atoms with van der Waals surface area (Å²) in [5, 5.41) is 6.17.